The molecule has 1 aromatic heterocycles. The predicted octanol–water partition coefficient (Wildman–Crippen LogP) is 3.71. The van der Waals surface area contributed by atoms with Crippen molar-refractivity contribution in [3.63, 3.8) is 0 Å². The van der Waals surface area contributed by atoms with E-state index in [0.717, 1.165) is 11.3 Å². The van der Waals surface area contributed by atoms with E-state index < -0.39 is 0 Å². The number of nitrogens with one attached hydrogen (secondary N) is 2. The van der Waals surface area contributed by atoms with Gasteiger partial charge in [-0.1, -0.05) is 24.3 Å². The number of methoxy groups -OCH3 is 1. The average Bonchev–Trinajstić information content (AvgIpc) is 2.67. The first-order valence-corrected chi connectivity index (χ1v) is 7.73. The number of ether oxygens (including phenoxy) is 1. The Bertz CT molecular complexity index is 887. The van der Waals surface area contributed by atoms with Crippen molar-refractivity contribution >= 4 is 17.3 Å². The van der Waals surface area contributed by atoms with E-state index in [-0.39, 0.29) is 0 Å². The molecule has 6 heteroatoms. The van der Waals surface area contributed by atoms with Gasteiger partial charge in [0.05, 0.1) is 18.4 Å². The zero-order valence-electron chi connectivity index (χ0n) is 13.7. The smallest absolute Gasteiger partial charge is 0.135 e. The van der Waals surface area contributed by atoms with Gasteiger partial charge in [0, 0.05) is 12.6 Å². The second kappa shape index (κ2) is 7.79. The summed E-state index contributed by atoms with van der Waals surface area (Å²) >= 11 is 0. The number of anilines is 3. The molecule has 0 aliphatic rings. The molecular weight excluding hydrogens is 314 g/mol. The monoisotopic (exact) mass is 331 g/mol. The van der Waals surface area contributed by atoms with Gasteiger partial charge in [-0.2, -0.15) is 5.26 Å². The third-order valence-corrected chi connectivity index (χ3v) is 3.61. The summed E-state index contributed by atoms with van der Waals surface area (Å²) in [5.41, 5.74) is 2.39. The van der Waals surface area contributed by atoms with E-state index in [4.69, 9.17) is 10.00 Å². The molecule has 3 aromatic rings. The first-order valence-electron chi connectivity index (χ1n) is 7.73. The van der Waals surface area contributed by atoms with E-state index in [2.05, 4.69) is 26.7 Å². The molecule has 0 radical (unpaired) electrons. The molecule has 2 aromatic carbocycles. The minimum Gasteiger partial charge on any atom is -0.497 e. The quantitative estimate of drug-likeness (QED) is 0.716. The van der Waals surface area contributed by atoms with Crippen LogP contribution in [0.1, 0.15) is 11.1 Å². The normalized spacial score (nSPS) is 9.92. The number of nitrogens with zero attached hydrogens (tertiary/aromatic N) is 3. The molecular formula is C19H17N5O. The van der Waals surface area contributed by atoms with E-state index >= 15 is 0 Å². The highest BCUT2D eigenvalue weighted by atomic mass is 16.5. The molecule has 3 rings (SSSR count). The minimum absolute atomic E-state index is 0.564. The lowest BCUT2D eigenvalue weighted by atomic mass is 10.2. The molecule has 0 atom stereocenters. The van der Waals surface area contributed by atoms with Crippen molar-refractivity contribution in [1.82, 2.24) is 9.97 Å². The molecule has 0 amide bonds. The summed E-state index contributed by atoms with van der Waals surface area (Å²) in [6.07, 6.45) is 1.48. The lowest BCUT2D eigenvalue weighted by Gasteiger charge is -2.10. The third kappa shape index (κ3) is 4.24. The zero-order chi connectivity index (χ0) is 17.5. The molecule has 1 heterocycles. The molecule has 0 aliphatic heterocycles. The summed E-state index contributed by atoms with van der Waals surface area (Å²) in [7, 11) is 1.65. The van der Waals surface area contributed by atoms with Crippen molar-refractivity contribution in [2.24, 2.45) is 0 Å². The topological polar surface area (TPSA) is 82.9 Å². The fourth-order valence-corrected chi connectivity index (χ4v) is 2.29. The van der Waals surface area contributed by atoms with Crippen LogP contribution in [-0.2, 0) is 6.54 Å². The number of aromatic nitrogens is 2. The predicted molar refractivity (Wildman–Crippen MR) is 96.8 cm³/mol. The molecule has 0 spiro atoms. The fraction of sp³-hybridized carbons (Fsp3) is 0.105. The maximum atomic E-state index is 9.15. The Labute approximate surface area is 146 Å². The third-order valence-electron chi connectivity index (χ3n) is 3.61. The Morgan fingerprint density at radius 2 is 1.80 bits per heavy atom. The molecule has 124 valence electrons. The van der Waals surface area contributed by atoms with Crippen molar-refractivity contribution < 1.29 is 4.74 Å². The molecule has 0 saturated heterocycles. The number of hydrogen-bond donors (Lipinski definition) is 2. The summed E-state index contributed by atoms with van der Waals surface area (Å²) in [4.78, 5) is 8.42. The van der Waals surface area contributed by atoms with Crippen LogP contribution < -0.4 is 15.4 Å². The zero-order valence-corrected chi connectivity index (χ0v) is 13.7. The van der Waals surface area contributed by atoms with Crippen molar-refractivity contribution in [2.45, 2.75) is 6.54 Å². The Morgan fingerprint density at radius 3 is 2.56 bits per heavy atom. The maximum Gasteiger partial charge on any atom is 0.135 e. The van der Waals surface area contributed by atoms with Crippen LogP contribution in [0.4, 0.5) is 17.3 Å². The Balaban J connectivity index is 1.67. The molecule has 2 N–H and O–H groups in total. The van der Waals surface area contributed by atoms with Crippen LogP contribution in [0, 0.1) is 11.3 Å². The summed E-state index contributed by atoms with van der Waals surface area (Å²) in [6.45, 7) is 0.634. The Hall–Kier alpha value is -3.59. The lowest BCUT2D eigenvalue weighted by molar-refractivity contribution is 0.414. The highest BCUT2D eigenvalue weighted by Gasteiger charge is 2.04. The minimum atomic E-state index is 0.564. The maximum absolute atomic E-state index is 9.15. The van der Waals surface area contributed by atoms with E-state index in [1.54, 1.807) is 19.2 Å². The van der Waals surface area contributed by atoms with Crippen molar-refractivity contribution in [1.29, 1.82) is 5.26 Å². The van der Waals surface area contributed by atoms with Gasteiger partial charge in [0.2, 0.25) is 0 Å². The van der Waals surface area contributed by atoms with Gasteiger partial charge < -0.3 is 15.4 Å². The molecule has 0 unspecified atom stereocenters. The first kappa shape index (κ1) is 16.3. The van der Waals surface area contributed by atoms with Crippen molar-refractivity contribution in [3.05, 3.63) is 72.1 Å². The average molecular weight is 331 g/mol. The largest absolute Gasteiger partial charge is 0.497 e. The number of benzene rings is 2. The number of rotatable bonds is 6. The van der Waals surface area contributed by atoms with E-state index in [1.807, 2.05) is 42.5 Å². The van der Waals surface area contributed by atoms with Gasteiger partial charge in [-0.3, -0.25) is 0 Å². The SMILES string of the molecule is COc1ccc(CNc2cc(Nc3ccccc3C#N)ncn2)cc1. The van der Waals surface area contributed by atoms with E-state index in [1.165, 1.54) is 6.33 Å². The van der Waals surface area contributed by atoms with Gasteiger partial charge >= 0.3 is 0 Å². The van der Waals surface area contributed by atoms with Crippen LogP contribution in [0.25, 0.3) is 0 Å². The van der Waals surface area contributed by atoms with Crippen molar-refractivity contribution in [3.8, 4) is 11.8 Å². The summed E-state index contributed by atoms with van der Waals surface area (Å²) in [5, 5.41) is 15.6. The number of hydrogen-bond acceptors (Lipinski definition) is 6. The van der Waals surface area contributed by atoms with Crippen LogP contribution in [0.15, 0.2) is 60.9 Å². The highest BCUT2D eigenvalue weighted by molar-refractivity contribution is 5.65. The lowest BCUT2D eigenvalue weighted by Crippen LogP contribution is -2.03. The van der Waals surface area contributed by atoms with Gasteiger partial charge in [-0.05, 0) is 29.8 Å². The van der Waals surface area contributed by atoms with Gasteiger partial charge in [0.25, 0.3) is 0 Å². The van der Waals surface area contributed by atoms with Crippen LogP contribution in [0.5, 0.6) is 5.75 Å². The molecule has 0 aliphatic carbocycles. The van der Waals surface area contributed by atoms with Crippen LogP contribution in [0.2, 0.25) is 0 Å². The molecule has 0 fully saturated rings. The van der Waals surface area contributed by atoms with E-state index in [0.29, 0.717) is 29.4 Å². The first-order chi connectivity index (χ1) is 12.3. The summed E-state index contributed by atoms with van der Waals surface area (Å²) in [5.74, 6) is 2.14. The standard InChI is InChI=1S/C19H17N5O/c1-25-16-8-6-14(7-9-16)12-21-18-10-19(23-13-22-18)24-17-5-3-2-4-15(17)11-20/h2-10,13H,12H2,1H3,(H2,21,22,23,24). The van der Waals surface area contributed by atoms with Gasteiger partial charge in [-0.25, -0.2) is 9.97 Å². The molecule has 0 saturated carbocycles. The van der Waals surface area contributed by atoms with Gasteiger partial charge in [0.1, 0.15) is 29.8 Å². The fourth-order valence-electron chi connectivity index (χ4n) is 2.29. The Kier molecular flexibility index (Phi) is 5.07. The summed E-state index contributed by atoms with van der Waals surface area (Å²) in [6, 6.07) is 19.1. The van der Waals surface area contributed by atoms with Crippen LogP contribution in [-0.4, -0.2) is 17.1 Å². The van der Waals surface area contributed by atoms with Crippen LogP contribution >= 0.6 is 0 Å². The number of nitriles is 1. The molecule has 0 bridgehead atoms. The Morgan fingerprint density at radius 1 is 1.04 bits per heavy atom. The van der Waals surface area contributed by atoms with Crippen LogP contribution in [0.3, 0.4) is 0 Å². The van der Waals surface area contributed by atoms with E-state index in [9.17, 15) is 0 Å². The van der Waals surface area contributed by atoms with Gasteiger partial charge in [0.15, 0.2) is 0 Å². The summed E-state index contributed by atoms with van der Waals surface area (Å²) < 4.78 is 5.15. The second-order valence-electron chi connectivity index (χ2n) is 5.27. The highest BCUT2D eigenvalue weighted by Crippen LogP contribution is 2.20. The van der Waals surface area contributed by atoms with Gasteiger partial charge in [-0.15, -0.1) is 0 Å². The molecule has 25 heavy (non-hydrogen) atoms. The molecule has 6 nitrogen and oxygen atoms in total. The second-order valence-corrected chi connectivity index (χ2v) is 5.27. The van der Waals surface area contributed by atoms with Crippen molar-refractivity contribution in [2.75, 3.05) is 17.7 Å². The number of para-hydroxylation sites is 1.